The molecule has 0 unspecified atom stereocenters. The SMILES string of the molecule is C[C@@H]1CN(C(=O)CSc2nnnn2-c2ccc(OC(F)(F)F)cc2)C[C@H](C)O1. The van der Waals surface area contributed by atoms with Crippen LogP contribution < -0.4 is 4.74 Å². The minimum absolute atomic E-state index is 0.0274. The largest absolute Gasteiger partial charge is 0.573 e. The molecule has 1 aromatic carbocycles. The van der Waals surface area contributed by atoms with E-state index in [0.717, 1.165) is 11.8 Å². The van der Waals surface area contributed by atoms with Crippen LogP contribution in [0.4, 0.5) is 13.2 Å². The monoisotopic (exact) mass is 417 g/mol. The molecule has 152 valence electrons. The average molecular weight is 417 g/mol. The number of aromatic nitrogens is 4. The number of alkyl halides is 3. The van der Waals surface area contributed by atoms with Gasteiger partial charge in [-0.15, -0.1) is 18.3 Å². The van der Waals surface area contributed by atoms with Crippen molar-refractivity contribution in [2.24, 2.45) is 0 Å². The van der Waals surface area contributed by atoms with Gasteiger partial charge in [-0.1, -0.05) is 11.8 Å². The summed E-state index contributed by atoms with van der Waals surface area (Å²) in [7, 11) is 0. The quantitative estimate of drug-likeness (QED) is 0.691. The zero-order valence-electron chi connectivity index (χ0n) is 15.1. The summed E-state index contributed by atoms with van der Waals surface area (Å²) < 4.78 is 47.6. The Morgan fingerprint density at radius 3 is 2.50 bits per heavy atom. The van der Waals surface area contributed by atoms with Gasteiger partial charge in [0.15, 0.2) is 0 Å². The highest BCUT2D eigenvalue weighted by molar-refractivity contribution is 7.99. The molecule has 1 amide bonds. The van der Waals surface area contributed by atoms with Crippen LogP contribution in [0.2, 0.25) is 0 Å². The first-order valence-corrected chi connectivity index (χ1v) is 9.40. The summed E-state index contributed by atoms with van der Waals surface area (Å²) in [4.78, 5) is 14.2. The molecular formula is C16H18F3N5O3S. The van der Waals surface area contributed by atoms with Crippen molar-refractivity contribution in [2.45, 2.75) is 37.6 Å². The molecule has 0 spiro atoms. The lowest BCUT2D eigenvalue weighted by atomic mass is 10.2. The van der Waals surface area contributed by atoms with Crippen LogP contribution in [0.25, 0.3) is 5.69 Å². The van der Waals surface area contributed by atoms with E-state index in [2.05, 4.69) is 20.3 Å². The number of carbonyl (C=O) groups is 1. The zero-order chi connectivity index (χ0) is 20.3. The fourth-order valence-electron chi connectivity index (χ4n) is 2.82. The van der Waals surface area contributed by atoms with Crippen molar-refractivity contribution in [3.05, 3.63) is 24.3 Å². The van der Waals surface area contributed by atoms with Crippen LogP contribution in [0.1, 0.15) is 13.8 Å². The summed E-state index contributed by atoms with van der Waals surface area (Å²) >= 11 is 1.15. The van der Waals surface area contributed by atoms with E-state index >= 15 is 0 Å². The highest BCUT2D eigenvalue weighted by atomic mass is 32.2. The molecule has 0 N–H and O–H groups in total. The topological polar surface area (TPSA) is 82.4 Å². The zero-order valence-corrected chi connectivity index (χ0v) is 15.9. The number of rotatable bonds is 5. The molecule has 0 saturated carbocycles. The van der Waals surface area contributed by atoms with Gasteiger partial charge in [0.05, 0.1) is 23.6 Å². The number of carbonyl (C=O) groups excluding carboxylic acids is 1. The van der Waals surface area contributed by atoms with Gasteiger partial charge >= 0.3 is 6.36 Å². The van der Waals surface area contributed by atoms with Gasteiger partial charge in [-0.2, -0.15) is 4.68 Å². The Morgan fingerprint density at radius 2 is 1.89 bits per heavy atom. The number of tetrazole rings is 1. The van der Waals surface area contributed by atoms with Crippen molar-refractivity contribution in [2.75, 3.05) is 18.8 Å². The molecule has 28 heavy (non-hydrogen) atoms. The van der Waals surface area contributed by atoms with Crippen LogP contribution in [0.3, 0.4) is 0 Å². The summed E-state index contributed by atoms with van der Waals surface area (Å²) in [6.07, 6.45) is -4.81. The van der Waals surface area contributed by atoms with Gasteiger partial charge in [-0.3, -0.25) is 4.79 Å². The van der Waals surface area contributed by atoms with Crippen molar-refractivity contribution >= 4 is 17.7 Å². The molecule has 3 rings (SSSR count). The highest BCUT2D eigenvalue weighted by Crippen LogP contribution is 2.25. The van der Waals surface area contributed by atoms with E-state index in [1.54, 1.807) is 4.90 Å². The Hall–Kier alpha value is -2.34. The van der Waals surface area contributed by atoms with E-state index in [9.17, 15) is 18.0 Å². The van der Waals surface area contributed by atoms with E-state index in [4.69, 9.17) is 4.74 Å². The van der Waals surface area contributed by atoms with Gasteiger partial charge in [0.2, 0.25) is 11.1 Å². The summed E-state index contributed by atoms with van der Waals surface area (Å²) in [5, 5.41) is 11.6. The van der Waals surface area contributed by atoms with Gasteiger partial charge in [-0.05, 0) is 48.5 Å². The first-order valence-electron chi connectivity index (χ1n) is 8.42. The van der Waals surface area contributed by atoms with Crippen molar-refractivity contribution in [3.63, 3.8) is 0 Å². The molecule has 1 aliphatic heterocycles. The predicted molar refractivity (Wildman–Crippen MR) is 93.2 cm³/mol. The molecule has 1 aromatic heterocycles. The highest BCUT2D eigenvalue weighted by Gasteiger charge is 2.31. The number of nitrogens with zero attached hydrogens (tertiary/aromatic N) is 5. The van der Waals surface area contributed by atoms with Gasteiger partial charge in [0.25, 0.3) is 0 Å². The molecule has 12 heteroatoms. The minimum Gasteiger partial charge on any atom is -0.406 e. The second-order valence-corrected chi connectivity index (χ2v) is 7.20. The van der Waals surface area contributed by atoms with Crippen molar-refractivity contribution in [1.29, 1.82) is 0 Å². The minimum atomic E-state index is -4.76. The Morgan fingerprint density at radius 1 is 1.25 bits per heavy atom. The number of benzene rings is 1. The summed E-state index contributed by atoms with van der Waals surface area (Å²) in [6, 6.07) is 5.13. The number of amides is 1. The standard InChI is InChI=1S/C16H18F3N5O3S/c1-10-7-23(8-11(2)26-10)14(25)9-28-15-20-21-22-24(15)12-3-5-13(6-4-12)27-16(17,18)19/h3-6,10-11H,7-9H2,1-2H3/t10-,11+. The van der Waals surface area contributed by atoms with Gasteiger partial charge < -0.3 is 14.4 Å². The Balaban J connectivity index is 1.63. The molecule has 0 radical (unpaired) electrons. The van der Waals surface area contributed by atoms with E-state index in [1.165, 1.54) is 28.9 Å². The maximum atomic E-state index is 12.5. The maximum Gasteiger partial charge on any atom is 0.573 e. The number of halogens is 3. The Bertz CT molecular complexity index is 805. The maximum absolute atomic E-state index is 12.5. The molecule has 0 aliphatic carbocycles. The lowest BCUT2D eigenvalue weighted by molar-refractivity contribution is -0.274. The third-order valence-corrected chi connectivity index (χ3v) is 4.76. The van der Waals surface area contributed by atoms with Crippen LogP contribution in [0.5, 0.6) is 5.75 Å². The van der Waals surface area contributed by atoms with Crippen LogP contribution in [-0.2, 0) is 9.53 Å². The molecule has 1 saturated heterocycles. The molecule has 2 heterocycles. The van der Waals surface area contributed by atoms with Gasteiger partial charge in [0.1, 0.15) is 5.75 Å². The second kappa shape index (κ2) is 8.35. The second-order valence-electron chi connectivity index (χ2n) is 6.26. The van der Waals surface area contributed by atoms with Crippen molar-refractivity contribution in [3.8, 4) is 11.4 Å². The van der Waals surface area contributed by atoms with E-state index in [0.29, 0.717) is 23.9 Å². The lowest BCUT2D eigenvalue weighted by Crippen LogP contribution is -2.48. The van der Waals surface area contributed by atoms with Crippen LogP contribution >= 0.6 is 11.8 Å². The molecule has 0 bridgehead atoms. The van der Waals surface area contributed by atoms with Crippen molar-refractivity contribution in [1.82, 2.24) is 25.1 Å². The number of hydrogen-bond acceptors (Lipinski definition) is 7. The number of morpholine rings is 1. The smallest absolute Gasteiger partial charge is 0.406 e. The molecular weight excluding hydrogens is 399 g/mol. The van der Waals surface area contributed by atoms with E-state index < -0.39 is 6.36 Å². The first-order chi connectivity index (χ1) is 13.2. The summed E-state index contributed by atoms with van der Waals surface area (Å²) in [5.41, 5.74) is 0.447. The van der Waals surface area contributed by atoms with Crippen molar-refractivity contribution < 1.29 is 27.4 Å². The van der Waals surface area contributed by atoms with Crippen LogP contribution in [0.15, 0.2) is 29.4 Å². The normalized spacial score (nSPS) is 20.2. The van der Waals surface area contributed by atoms with Crippen LogP contribution in [-0.4, -0.2) is 68.4 Å². The van der Waals surface area contributed by atoms with Gasteiger partial charge in [0, 0.05) is 13.1 Å². The van der Waals surface area contributed by atoms with Crippen LogP contribution in [0, 0.1) is 0 Å². The first kappa shape index (κ1) is 20.4. The molecule has 1 aliphatic rings. The molecule has 2 atom stereocenters. The Labute approximate surface area is 163 Å². The molecule has 1 fully saturated rings. The van der Waals surface area contributed by atoms with Gasteiger partial charge in [-0.25, -0.2) is 0 Å². The summed E-state index contributed by atoms with van der Waals surface area (Å²) in [6.45, 7) is 4.87. The third kappa shape index (κ3) is 5.35. The fourth-order valence-corrected chi connectivity index (χ4v) is 3.61. The third-order valence-electron chi connectivity index (χ3n) is 3.85. The number of thioether (sulfide) groups is 1. The molecule has 2 aromatic rings. The molecule has 8 nitrogen and oxygen atoms in total. The number of hydrogen-bond donors (Lipinski definition) is 0. The van der Waals surface area contributed by atoms with E-state index in [1.807, 2.05) is 13.8 Å². The summed E-state index contributed by atoms with van der Waals surface area (Å²) in [5.74, 6) is -0.269. The average Bonchev–Trinajstić information content (AvgIpc) is 3.06. The van der Waals surface area contributed by atoms with E-state index in [-0.39, 0.29) is 29.6 Å². The lowest BCUT2D eigenvalue weighted by Gasteiger charge is -2.35. The fraction of sp³-hybridized carbons (Fsp3) is 0.500. The predicted octanol–water partition coefficient (Wildman–Crippen LogP) is 2.29. The Kier molecular flexibility index (Phi) is 6.08. The number of ether oxygens (including phenoxy) is 2.